The Kier molecular flexibility index (Phi) is 4.25. The lowest BCUT2D eigenvalue weighted by Crippen LogP contribution is -2.37. The molecule has 0 aromatic heterocycles. The van der Waals surface area contributed by atoms with Crippen LogP contribution in [0.25, 0.3) is 0 Å². The summed E-state index contributed by atoms with van der Waals surface area (Å²) in [6.45, 7) is 1.33. The molecule has 0 radical (unpaired) electrons. The van der Waals surface area contributed by atoms with E-state index < -0.39 is 27.9 Å². The van der Waals surface area contributed by atoms with E-state index in [-0.39, 0.29) is 5.75 Å². The molecule has 14 heavy (non-hydrogen) atoms. The lowest BCUT2D eigenvalue weighted by atomic mass is 10.2. The highest BCUT2D eigenvalue weighted by atomic mass is 32.2. The third-order valence-corrected chi connectivity index (χ3v) is 4.71. The van der Waals surface area contributed by atoms with E-state index in [1.165, 1.54) is 0 Å². The minimum absolute atomic E-state index is 0.380. The van der Waals surface area contributed by atoms with Gasteiger partial charge < -0.3 is 5.32 Å². The number of alkyl halides is 2. The topological polar surface area (TPSA) is 46.2 Å². The van der Waals surface area contributed by atoms with Gasteiger partial charge in [-0.25, -0.2) is 17.2 Å². The van der Waals surface area contributed by atoms with E-state index >= 15 is 0 Å². The van der Waals surface area contributed by atoms with Crippen LogP contribution in [0.1, 0.15) is 19.3 Å². The molecule has 0 atom stereocenters. The summed E-state index contributed by atoms with van der Waals surface area (Å²) in [7, 11) is -3.30. The molecular weight excluding hydrogens is 212 g/mol. The van der Waals surface area contributed by atoms with Gasteiger partial charge in [-0.05, 0) is 25.9 Å². The summed E-state index contributed by atoms with van der Waals surface area (Å²) in [6, 6.07) is 0. The Hall–Kier alpha value is -0.230. The van der Waals surface area contributed by atoms with Crippen molar-refractivity contribution in [2.75, 3.05) is 18.8 Å². The number of rotatable bonds is 4. The van der Waals surface area contributed by atoms with Gasteiger partial charge in [0.2, 0.25) is 6.43 Å². The molecule has 1 N–H and O–H groups in total. The van der Waals surface area contributed by atoms with Crippen LogP contribution in [0.2, 0.25) is 0 Å². The van der Waals surface area contributed by atoms with Crippen LogP contribution in [0.15, 0.2) is 0 Å². The highest BCUT2D eigenvalue weighted by Gasteiger charge is 2.27. The van der Waals surface area contributed by atoms with Crippen LogP contribution in [0.4, 0.5) is 8.78 Å². The second kappa shape index (κ2) is 5.02. The monoisotopic (exact) mass is 227 g/mol. The Bertz CT molecular complexity index is 261. The summed E-state index contributed by atoms with van der Waals surface area (Å²) in [4.78, 5) is 0. The molecule has 0 spiro atoms. The van der Waals surface area contributed by atoms with Crippen LogP contribution in [0.5, 0.6) is 0 Å². The molecule has 1 fully saturated rings. The molecule has 1 aliphatic rings. The second-order valence-corrected chi connectivity index (χ2v) is 5.90. The summed E-state index contributed by atoms with van der Waals surface area (Å²) in [5, 5.41) is 2.62. The number of hydrogen-bond acceptors (Lipinski definition) is 3. The molecular formula is C8H15F2NO2S. The van der Waals surface area contributed by atoms with Crippen molar-refractivity contribution in [1.82, 2.24) is 5.32 Å². The minimum atomic E-state index is -3.30. The second-order valence-electron chi connectivity index (χ2n) is 3.50. The first-order valence-electron chi connectivity index (χ1n) is 4.73. The lowest BCUT2D eigenvalue weighted by molar-refractivity contribution is 0.144. The van der Waals surface area contributed by atoms with Gasteiger partial charge in [0.05, 0.1) is 11.0 Å². The molecule has 0 aliphatic carbocycles. The zero-order valence-electron chi connectivity index (χ0n) is 7.88. The predicted octanol–water partition coefficient (Wildman–Crippen LogP) is 0.808. The van der Waals surface area contributed by atoms with E-state index in [9.17, 15) is 17.2 Å². The van der Waals surface area contributed by atoms with E-state index in [0.29, 0.717) is 25.9 Å². The Balaban J connectivity index is 2.46. The van der Waals surface area contributed by atoms with Crippen molar-refractivity contribution in [3.05, 3.63) is 0 Å². The number of halogens is 2. The Morgan fingerprint density at radius 2 is 1.86 bits per heavy atom. The Morgan fingerprint density at radius 3 is 2.36 bits per heavy atom. The molecule has 0 unspecified atom stereocenters. The van der Waals surface area contributed by atoms with Crippen LogP contribution in [0, 0.1) is 0 Å². The zero-order valence-corrected chi connectivity index (χ0v) is 8.69. The van der Waals surface area contributed by atoms with Gasteiger partial charge in [0.1, 0.15) is 0 Å². The molecule has 0 bridgehead atoms. The van der Waals surface area contributed by atoms with Gasteiger partial charge in [-0.3, -0.25) is 0 Å². The summed E-state index contributed by atoms with van der Waals surface area (Å²) in [5.74, 6) is -0.380. The van der Waals surface area contributed by atoms with Gasteiger partial charge in [0, 0.05) is 6.42 Å². The zero-order chi connectivity index (χ0) is 10.6. The highest BCUT2D eigenvalue weighted by Crippen LogP contribution is 2.16. The average molecular weight is 227 g/mol. The van der Waals surface area contributed by atoms with Crippen molar-refractivity contribution in [1.29, 1.82) is 0 Å². The summed E-state index contributed by atoms with van der Waals surface area (Å²) in [5.41, 5.74) is 0. The van der Waals surface area contributed by atoms with Gasteiger partial charge in [-0.1, -0.05) is 0 Å². The van der Waals surface area contributed by atoms with Gasteiger partial charge in [-0.2, -0.15) is 0 Å². The molecule has 0 amide bonds. The van der Waals surface area contributed by atoms with Crippen LogP contribution < -0.4 is 5.32 Å². The third kappa shape index (κ3) is 3.49. The molecule has 1 heterocycles. The number of piperidine rings is 1. The van der Waals surface area contributed by atoms with Crippen LogP contribution in [-0.2, 0) is 9.84 Å². The van der Waals surface area contributed by atoms with Crippen LogP contribution >= 0.6 is 0 Å². The van der Waals surface area contributed by atoms with E-state index in [1.54, 1.807) is 0 Å². The van der Waals surface area contributed by atoms with Crippen LogP contribution in [0.3, 0.4) is 0 Å². The first-order chi connectivity index (χ1) is 6.52. The van der Waals surface area contributed by atoms with E-state index in [0.717, 1.165) is 0 Å². The smallest absolute Gasteiger partial charge is 0.239 e. The van der Waals surface area contributed by atoms with Gasteiger partial charge >= 0.3 is 0 Å². The largest absolute Gasteiger partial charge is 0.317 e. The van der Waals surface area contributed by atoms with Crippen molar-refractivity contribution in [2.24, 2.45) is 0 Å². The fourth-order valence-electron chi connectivity index (χ4n) is 1.57. The first kappa shape index (κ1) is 11.8. The lowest BCUT2D eigenvalue weighted by Gasteiger charge is -2.22. The van der Waals surface area contributed by atoms with Gasteiger partial charge in [0.15, 0.2) is 9.84 Å². The molecule has 0 saturated carbocycles. The minimum Gasteiger partial charge on any atom is -0.317 e. The van der Waals surface area contributed by atoms with Crippen molar-refractivity contribution >= 4 is 9.84 Å². The van der Waals surface area contributed by atoms with E-state index in [2.05, 4.69) is 5.32 Å². The SMILES string of the molecule is O=S(=O)(CCC(F)F)C1CCNCC1. The summed E-state index contributed by atoms with van der Waals surface area (Å²) >= 11 is 0. The average Bonchev–Trinajstić information content (AvgIpc) is 2.16. The Morgan fingerprint density at radius 1 is 1.29 bits per heavy atom. The molecule has 1 aliphatic heterocycles. The van der Waals surface area contributed by atoms with E-state index in [4.69, 9.17) is 0 Å². The molecule has 84 valence electrons. The number of nitrogens with one attached hydrogen (secondary N) is 1. The molecule has 0 aromatic carbocycles. The highest BCUT2D eigenvalue weighted by molar-refractivity contribution is 7.92. The maximum atomic E-state index is 11.9. The normalized spacial score (nSPS) is 20.2. The Labute approximate surface area is 82.8 Å². The van der Waals surface area contributed by atoms with Gasteiger partial charge in [0.25, 0.3) is 0 Å². The molecule has 3 nitrogen and oxygen atoms in total. The first-order valence-corrected chi connectivity index (χ1v) is 6.44. The maximum Gasteiger partial charge on any atom is 0.239 e. The number of hydrogen-bond donors (Lipinski definition) is 1. The van der Waals surface area contributed by atoms with Crippen molar-refractivity contribution in [3.8, 4) is 0 Å². The maximum absolute atomic E-state index is 11.9. The third-order valence-electron chi connectivity index (χ3n) is 2.41. The van der Waals surface area contributed by atoms with Crippen molar-refractivity contribution in [2.45, 2.75) is 30.9 Å². The fourth-order valence-corrected chi connectivity index (χ4v) is 3.37. The standard InChI is InChI=1S/C8H15F2NO2S/c9-8(10)3-6-14(12,13)7-1-4-11-5-2-7/h7-8,11H,1-6H2. The van der Waals surface area contributed by atoms with Crippen LogP contribution in [-0.4, -0.2) is 38.9 Å². The number of sulfone groups is 1. The quantitative estimate of drug-likeness (QED) is 0.773. The molecule has 1 rings (SSSR count). The molecule has 1 saturated heterocycles. The fraction of sp³-hybridized carbons (Fsp3) is 1.00. The summed E-state index contributed by atoms with van der Waals surface area (Å²) in [6.07, 6.45) is -1.96. The van der Waals surface area contributed by atoms with Crippen molar-refractivity contribution in [3.63, 3.8) is 0 Å². The molecule has 6 heteroatoms. The summed E-state index contributed by atoms with van der Waals surface area (Å²) < 4.78 is 46.8. The van der Waals surface area contributed by atoms with Crippen molar-refractivity contribution < 1.29 is 17.2 Å². The van der Waals surface area contributed by atoms with E-state index in [1.807, 2.05) is 0 Å². The van der Waals surface area contributed by atoms with Gasteiger partial charge in [-0.15, -0.1) is 0 Å². The predicted molar refractivity (Wildman–Crippen MR) is 50.3 cm³/mol. The molecule has 0 aromatic rings.